The molecule has 3 heteroatoms. The highest BCUT2D eigenvalue weighted by Gasteiger charge is 2.48. The molecule has 3 aliphatic carbocycles. The van der Waals surface area contributed by atoms with Crippen molar-refractivity contribution in [3.63, 3.8) is 0 Å². The van der Waals surface area contributed by atoms with Crippen LogP contribution in [-0.4, -0.2) is 35.6 Å². The Balaban J connectivity index is 1.34. The van der Waals surface area contributed by atoms with Crippen LogP contribution < -0.4 is 0 Å². The molecule has 0 aliphatic heterocycles. The van der Waals surface area contributed by atoms with Gasteiger partial charge in [0.2, 0.25) is 0 Å². The summed E-state index contributed by atoms with van der Waals surface area (Å²) in [5.74, 6) is 1.32. The second-order valence-electron chi connectivity index (χ2n) is 10.6. The number of fused-ring (bicyclic) bond motifs is 1. The third kappa shape index (κ3) is 5.42. The molecular weight excluding hydrogens is 408 g/mol. The highest BCUT2D eigenvalue weighted by molar-refractivity contribution is 5.63. The maximum Gasteiger partial charge on any atom is 0.0811 e. The average molecular weight is 449 g/mol. The average Bonchev–Trinajstić information content (AvgIpc) is 3.15. The van der Waals surface area contributed by atoms with Gasteiger partial charge in [0.05, 0.1) is 18.8 Å². The normalized spacial score (nSPS) is 34.6. The van der Waals surface area contributed by atoms with Gasteiger partial charge in [-0.25, -0.2) is 0 Å². The summed E-state index contributed by atoms with van der Waals surface area (Å²) in [5.41, 5.74) is 5.85. The first-order chi connectivity index (χ1) is 15.9. The smallest absolute Gasteiger partial charge is 0.0811 e. The van der Waals surface area contributed by atoms with E-state index in [1.807, 2.05) is 18.2 Å². The number of allylic oxidation sites excluding steroid dienone is 3. The van der Waals surface area contributed by atoms with Gasteiger partial charge in [0, 0.05) is 13.0 Å². The van der Waals surface area contributed by atoms with Crippen LogP contribution in [0.25, 0.3) is 5.57 Å². The van der Waals surface area contributed by atoms with E-state index in [1.165, 1.54) is 25.7 Å². The molecule has 3 saturated carbocycles. The van der Waals surface area contributed by atoms with Crippen LogP contribution in [0.3, 0.4) is 0 Å². The summed E-state index contributed by atoms with van der Waals surface area (Å²) in [4.78, 5) is 0. The van der Waals surface area contributed by atoms with Gasteiger partial charge in [-0.15, -0.1) is 0 Å². The van der Waals surface area contributed by atoms with E-state index >= 15 is 0 Å². The fourth-order valence-corrected chi connectivity index (χ4v) is 6.46. The zero-order valence-electron chi connectivity index (χ0n) is 20.1. The highest BCUT2D eigenvalue weighted by Crippen LogP contribution is 2.58. The largest absolute Gasteiger partial charge is 0.393 e. The zero-order chi connectivity index (χ0) is 23.4. The lowest BCUT2D eigenvalue weighted by Gasteiger charge is -2.42. The number of hydrogen-bond donors (Lipinski definition) is 2. The van der Waals surface area contributed by atoms with Crippen molar-refractivity contribution in [2.24, 2.45) is 17.3 Å². The Morgan fingerprint density at radius 1 is 1.18 bits per heavy atom. The molecule has 3 aliphatic rings. The van der Waals surface area contributed by atoms with Gasteiger partial charge in [-0.2, -0.15) is 0 Å². The number of rotatable bonds is 7. The maximum absolute atomic E-state index is 10.1. The molecule has 178 valence electrons. The molecule has 0 heterocycles. The first-order valence-electron chi connectivity index (χ1n) is 12.6. The number of ether oxygens (including phenoxy) is 1. The minimum absolute atomic E-state index is 0.338. The molecule has 3 fully saturated rings. The number of benzene rings is 1. The summed E-state index contributed by atoms with van der Waals surface area (Å²) >= 11 is 0. The summed E-state index contributed by atoms with van der Waals surface area (Å²) in [5, 5.41) is 20.2. The second kappa shape index (κ2) is 10.5. The molecule has 0 saturated heterocycles. The molecule has 0 bridgehead atoms. The molecule has 3 nitrogen and oxygen atoms in total. The van der Waals surface area contributed by atoms with Gasteiger partial charge in [-0.1, -0.05) is 68.1 Å². The fourth-order valence-electron chi connectivity index (χ4n) is 6.46. The minimum Gasteiger partial charge on any atom is -0.393 e. The van der Waals surface area contributed by atoms with E-state index in [1.54, 1.807) is 5.57 Å². The maximum atomic E-state index is 10.1. The molecule has 0 spiro atoms. The standard InChI is InChI=1S/C30H40O3/c1-21(23-8-5-4-6-9-23)20-33-17-15-26-13-14-28-24(10-7-16-30(26,28)3)11-12-25-18-27(31)19-29(32)22(25)2/h4-6,8-9,11-12,26-29,31-32H,1-2,7,10,13-20H2,3H3/b24-11+,25-12-/t26-,27-,28+,29?,30?/m1/s1. The lowest BCUT2D eigenvalue weighted by molar-refractivity contribution is 0.0861. The van der Waals surface area contributed by atoms with Crippen LogP contribution in [0.5, 0.6) is 0 Å². The van der Waals surface area contributed by atoms with Crippen LogP contribution >= 0.6 is 0 Å². The van der Waals surface area contributed by atoms with Crippen LogP contribution in [0.15, 0.2) is 72.4 Å². The van der Waals surface area contributed by atoms with Crippen molar-refractivity contribution in [1.29, 1.82) is 0 Å². The lowest BCUT2D eigenvalue weighted by Crippen LogP contribution is -2.33. The van der Waals surface area contributed by atoms with Crippen molar-refractivity contribution in [3.8, 4) is 0 Å². The van der Waals surface area contributed by atoms with Gasteiger partial charge in [0.25, 0.3) is 0 Å². The quantitative estimate of drug-likeness (QED) is 0.485. The van der Waals surface area contributed by atoms with Crippen molar-refractivity contribution in [3.05, 3.63) is 77.9 Å². The number of hydrogen-bond acceptors (Lipinski definition) is 3. The lowest BCUT2D eigenvalue weighted by atomic mass is 9.63. The van der Waals surface area contributed by atoms with Crippen LogP contribution in [0, 0.1) is 17.3 Å². The van der Waals surface area contributed by atoms with E-state index in [9.17, 15) is 10.2 Å². The van der Waals surface area contributed by atoms with Crippen LogP contribution in [0.4, 0.5) is 0 Å². The second-order valence-corrected chi connectivity index (χ2v) is 10.6. The van der Waals surface area contributed by atoms with E-state index in [2.05, 4.69) is 44.4 Å². The van der Waals surface area contributed by atoms with Crippen LogP contribution in [0.1, 0.15) is 63.9 Å². The Morgan fingerprint density at radius 2 is 1.97 bits per heavy atom. The molecule has 1 aromatic carbocycles. The summed E-state index contributed by atoms with van der Waals surface area (Å²) in [6.07, 6.45) is 11.6. The molecule has 4 rings (SSSR count). The van der Waals surface area contributed by atoms with E-state index in [-0.39, 0.29) is 0 Å². The monoisotopic (exact) mass is 448 g/mol. The van der Waals surface area contributed by atoms with Crippen molar-refractivity contribution in [2.45, 2.75) is 70.5 Å². The Kier molecular flexibility index (Phi) is 7.73. The molecule has 2 N–H and O–H groups in total. The molecule has 0 radical (unpaired) electrons. The molecule has 33 heavy (non-hydrogen) atoms. The predicted octanol–water partition coefficient (Wildman–Crippen LogP) is 6.25. The van der Waals surface area contributed by atoms with Gasteiger partial charge in [0.15, 0.2) is 0 Å². The molecule has 1 aromatic rings. The Labute approximate surface area is 199 Å². The first-order valence-corrected chi connectivity index (χ1v) is 12.6. The first kappa shape index (κ1) is 24.2. The van der Waals surface area contributed by atoms with Gasteiger partial charge in [-0.3, -0.25) is 0 Å². The Morgan fingerprint density at radius 3 is 2.76 bits per heavy atom. The van der Waals surface area contributed by atoms with E-state index in [0.717, 1.165) is 41.7 Å². The van der Waals surface area contributed by atoms with Crippen LogP contribution in [-0.2, 0) is 4.74 Å². The summed E-state index contributed by atoms with van der Waals surface area (Å²) in [6, 6.07) is 10.3. The van der Waals surface area contributed by atoms with Gasteiger partial charge in [0.1, 0.15) is 0 Å². The summed E-state index contributed by atoms with van der Waals surface area (Å²) < 4.78 is 6.04. The fraction of sp³-hybridized carbons (Fsp3) is 0.533. The van der Waals surface area contributed by atoms with Crippen molar-refractivity contribution in [2.75, 3.05) is 13.2 Å². The highest BCUT2D eigenvalue weighted by atomic mass is 16.5. The molecule has 5 atom stereocenters. The summed E-state index contributed by atoms with van der Waals surface area (Å²) in [6.45, 7) is 12.1. The van der Waals surface area contributed by atoms with Crippen LogP contribution in [0.2, 0.25) is 0 Å². The minimum atomic E-state index is -0.621. The molecule has 0 amide bonds. The summed E-state index contributed by atoms with van der Waals surface area (Å²) in [7, 11) is 0. The Bertz CT molecular complexity index is 912. The Hall–Kier alpha value is -1.94. The van der Waals surface area contributed by atoms with Crippen molar-refractivity contribution in [1.82, 2.24) is 0 Å². The van der Waals surface area contributed by atoms with Gasteiger partial charge < -0.3 is 14.9 Å². The predicted molar refractivity (Wildman–Crippen MR) is 136 cm³/mol. The zero-order valence-corrected chi connectivity index (χ0v) is 20.1. The van der Waals surface area contributed by atoms with Crippen molar-refractivity contribution >= 4 is 5.57 Å². The topological polar surface area (TPSA) is 49.7 Å². The third-order valence-corrected chi connectivity index (χ3v) is 8.49. The van der Waals surface area contributed by atoms with E-state index in [4.69, 9.17) is 4.74 Å². The van der Waals surface area contributed by atoms with E-state index < -0.39 is 12.2 Å². The molecule has 0 aromatic heterocycles. The number of aliphatic hydroxyl groups is 2. The number of aliphatic hydroxyl groups excluding tert-OH is 2. The molecule has 2 unspecified atom stereocenters. The van der Waals surface area contributed by atoms with Gasteiger partial charge >= 0.3 is 0 Å². The third-order valence-electron chi connectivity index (χ3n) is 8.49. The van der Waals surface area contributed by atoms with Crippen molar-refractivity contribution < 1.29 is 14.9 Å². The van der Waals surface area contributed by atoms with E-state index in [0.29, 0.717) is 36.7 Å². The SMILES string of the molecule is C=C(COCC[C@H]1CC[C@H]2/C(=C/C=C3/C[C@@H](O)CC(O)C3=C)CCCC12C)c1ccccc1. The van der Waals surface area contributed by atoms with Gasteiger partial charge in [-0.05, 0) is 84.5 Å². The molecular formula is C30H40O3.